The van der Waals surface area contributed by atoms with Gasteiger partial charge in [-0.1, -0.05) is 44.2 Å². The molecule has 1 rings (SSSR count). The van der Waals surface area contributed by atoms with Crippen molar-refractivity contribution in [2.75, 3.05) is 6.61 Å². The van der Waals surface area contributed by atoms with Crippen LogP contribution in [-0.4, -0.2) is 27.6 Å². The molecule has 1 aromatic heterocycles. The molecule has 0 aliphatic carbocycles. The molecule has 0 bridgehead atoms. The number of ether oxygens (including phenoxy) is 1. The van der Waals surface area contributed by atoms with Crippen LogP contribution < -0.4 is 0 Å². The van der Waals surface area contributed by atoms with Crippen LogP contribution in [0.15, 0.2) is 6.20 Å². The zero-order valence-electron chi connectivity index (χ0n) is 12.1. The highest BCUT2D eigenvalue weighted by Gasteiger charge is 2.09. The van der Waals surface area contributed by atoms with E-state index in [1.807, 2.05) is 0 Å². The number of rotatable bonds is 10. The van der Waals surface area contributed by atoms with Crippen molar-refractivity contribution in [3.05, 3.63) is 11.9 Å². The molecule has 0 atom stereocenters. The molecule has 0 unspecified atom stereocenters. The van der Waals surface area contributed by atoms with Gasteiger partial charge < -0.3 is 4.74 Å². The number of hydrogen-bond donors (Lipinski definition) is 0. The van der Waals surface area contributed by atoms with Crippen LogP contribution in [0.2, 0.25) is 0 Å². The molecule has 19 heavy (non-hydrogen) atoms. The van der Waals surface area contributed by atoms with E-state index in [9.17, 15) is 4.79 Å². The van der Waals surface area contributed by atoms with Crippen LogP contribution in [0.25, 0.3) is 0 Å². The number of aryl methyl sites for hydroxylation is 1. The van der Waals surface area contributed by atoms with Gasteiger partial charge in [-0.2, -0.15) is 0 Å². The largest absolute Gasteiger partial charge is 0.465 e. The molecule has 0 N–H and O–H groups in total. The van der Waals surface area contributed by atoms with Crippen molar-refractivity contribution < 1.29 is 9.53 Å². The fourth-order valence-electron chi connectivity index (χ4n) is 2.02. The third-order valence-corrected chi connectivity index (χ3v) is 3.07. The van der Waals surface area contributed by atoms with E-state index in [4.69, 9.17) is 4.74 Å². The number of unbranched alkanes of at least 4 members (excludes halogenated alkanes) is 5. The van der Waals surface area contributed by atoms with E-state index in [2.05, 4.69) is 17.2 Å². The van der Waals surface area contributed by atoms with Gasteiger partial charge in [0.15, 0.2) is 0 Å². The van der Waals surface area contributed by atoms with Crippen molar-refractivity contribution in [1.82, 2.24) is 15.0 Å². The highest BCUT2D eigenvalue weighted by molar-refractivity contribution is 5.69. The Morgan fingerprint density at radius 3 is 2.68 bits per heavy atom. The van der Waals surface area contributed by atoms with Gasteiger partial charge in [0.1, 0.15) is 6.54 Å². The number of aromatic nitrogens is 3. The van der Waals surface area contributed by atoms with E-state index in [-0.39, 0.29) is 12.5 Å². The van der Waals surface area contributed by atoms with E-state index < -0.39 is 0 Å². The van der Waals surface area contributed by atoms with E-state index in [1.165, 1.54) is 32.1 Å². The molecule has 0 saturated carbocycles. The summed E-state index contributed by atoms with van der Waals surface area (Å²) in [5, 5.41) is 7.80. The quantitative estimate of drug-likeness (QED) is 0.483. The Balaban J connectivity index is 2.26. The molecule has 5 heteroatoms. The average molecular weight is 267 g/mol. The smallest absolute Gasteiger partial charge is 0.327 e. The summed E-state index contributed by atoms with van der Waals surface area (Å²) in [6.45, 7) is 4.59. The van der Waals surface area contributed by atoms with Crippen molar-refractivity contribution in [2.24, 2.45) is 0 Å². The lowest BCUT2D eigenvalue weighted by Gasteiger charge is -2.05. The molecule has 0 amide bonds. The highest BCUT2D eigenvalue weighted by atomic mass is 16.5. The number of carbonyl (C=O) groups excluding carboxylic acids is 1. The Morgan fingerprint density at radius 1 is 1.21 bits per heavy atom. The molecule has 0 radical (unpaired) electrons. The Hall–Kier alpha value is -1.39. The molecule has 5 nitrogen and oxygen atoms in total. The van der Waals surface area contributed by atoms with Gasteiger partial charge in [-0.15, -0.1) is 5.10 Å². The average Bonchev–Trinajstić information content (AvgIpc) is 2.81. The normalized spacial score (nSPS) is 10.6. The second-order valence-electron chi connectivity index (χ2n) is 4.71. The monoisotopic (exact) mass is 267 g/mol. The van der Waals surface area contributed by atoms with Gasteiger partial charge >= 0.3 is 5.97 Å². The highest BCUT2D eigenvalue weighted by Crippen LogP contribution is 2.09. The summed E-state index contributed by atoms with van der Waals surface area (Å²) in [6, 6.07) is 0. The van der Waals surface area contributed by atoms with Gasteiger partial charge in [0, 0.05) is 0 Å². The van der Waals surface area contributed by atoms with Crippen LogP contribution in [-0.2, 0) is 22.5 Å². The standard InChI is InChI=1S/C14H25N3O2/c1-3-5-6-7-8-9-10-13-11-15-16-17(13)12-14(18)19-4-2/h11H,3-10,12H2,1-2H3. The van der Waals surface area contributed by atoms with Crippen molar-refractivity contribution >= 4 is 5.97 Å². The van der Waals surface area contributed by atoms with Crippen molar-refractivity contribution in [1.29, 1.82) is 0 Å². The van der Waals surface area contributed by atoms with Crippen molar-refractivity contribution in [2.45, 2.75) is 65.3 Å². The first-order chi connectivity index (χ1) is 9.27. The second-order valence-corrected chi connectivity index (χ2v) is 4.71. The molecule has 0 aliphatic rings. The molecule has 1 heterocycles. The molecule has 0 spiro atoms. The molecule has 108 valence electrons. The van der Waals surface area contributed by atoms with Gasteiger partial charge in [-0.3, -0.25) is 4.79 Å². The summed E-state index contributed by atoms with van der Waals surface area (Å²) >= 11 is 0. The van der Waals surface area contributed by atoms with E-state index in [1.54, 1.807) is 17.8 Å². The maximum atomic E-state index is 11.4. The Morgan fingerprint density at radius 2 is 1.95 bits per heavy atom. The Labute approximate surface area is 115 Å². The lowest BCUT2D eigenvalue weighted by Crippen LogP contribution is -2.16. The molecule has 0 aliphatic heterocycles. The first kappa shape index (κ1) is 15.7. The van der Waals surface area contributed by atoms with Crippen LogP contribution in [0, 0.1) is 0 Å². The lowest BCUT2D eigenvalue weighted by atomic mass is 10.1. The SMILES string of the molecule is CCCCCCCCc1cnnn1CC(=O)OCC. The molecular weight excluding hydrogens is 242 g/mol. The Kier molecular flexibility index (Phi) is 7.86. The number of nitrogens with zero attached hydrogens (tertiary/aromatic N) is 3. The first-order valence-corrected chi connectivity index (χ1v) is 7.30. The number of hydrogen-bond acceptors (Lipinski definition) is 4. The number of carbonyl (C=O) groups is 1. The van der Waals surface area contributed by atoms with Crippen LogP contribution in [0.3, 0.4) is 0 Å². The molecule has 1 aromatic rings. The third kappa shape index (κ3) is 6.36. The zero-order valence-corrected chi connectivity index (χ0v) is 12.1. The minimum atomic E-state index is -0.253. The molecule has 0 fully saturated rings. The van der Waals surface area contributed by atoms with E-state index in [0.717, 1.165) is 18.5 Å². The summed E-state index contributed by atoms with van der Waals surface area (Å²) in [7, 11) is 0. The van der Waals surface area contributed by atoms with E-state index in [0.29, 0.717) is 6.61 Å². The number of esters is 1. The van der Waals surface area contributed by atoms with Crippen molar-refractivity contribution in [3.8, 4) is 0 Å². The minimum absolute atomic E-state index is 0.166. The predicted molar refractivity (Wildman–Crippen MR) is 73.7 cm³/mol. The van der Waals surface area contributed by atoms with Crippen LogP contribution in [0.4, 0.5) is 0 Å². The maximum Gasteiger partial charge on any atom is 0.327 e. The summed E-state index contributed by atoms with van der Waals surface area (Å²) in [5.74, 6) is -0.253. The topological polar surface area (TPSA) is 57.0 Å². The van der Waals surface area contributed by atoms with Gasteiger partial charge in [-0.25, -0.2) is 4.68 Å². The van der Waals surface area contributed by atoms with Gasteiger partial charge in [0.2, 0.25) is 0 Å². The summed E-state index contributed by atoms with van der Waals surface area (Å²) < 4.78 is 6.56. The van der Waals surface area contributed by atoms with Gasteiger partial charge in [-0.05, 0) is 19.8 Å². The molecule has 0 aromatic carbocycles. The van der Waals surface area contributed by atoms with Gasteiger partial charge in [0.05, 0.1) is 18.5 Å². The zero-order chi connectivity index (χ0) is 13.9. The summed E-state index contributed by atoms with van der Waals surface area (Å²) in [6.07, 6.45) is 10.2. The molecule has 0 saturated heterocycles. The summed E-state index contributed by atoms with van der Waals surface area (Å²) in [4.78, 5) is 11.4. The van der Waals surface area contributed by atoms with Crippen LogP contribution >= 0.6 is 0 Å². The van der Waals surface area contributed by atoms with Crippen molar-refractivity contribution in [3.63, 3.8) is 0 Å². The second kappa shape index (κ2) is 9.53. The minimum Gasteiger partial charge on any atom is -0.465 e. The third-order valence-electron chi connectivity index (χ3n) is 3.07. The predicted octanol–water partition coefficient (Wildman–Crippen LogP) is 2.74. The van der Waals surface area contributed by atoms with Crippen LogP contribution in [0.1, 0.15) is 58.1 Å². The fourth-order valence-corrected chi connectivity index (χ4v) is 2.02. The molecular formula is C14H25N3O2. The fraction of sp³-hybridized carbons (Fsp3) is 0.786. The van der Waals surface area contributed by atoms with Gasteiger partial charge in [0.25, 0.3) is 0 Å². The van der Waals surface area contributed by atoms with E-state index >= 15 is 0 Å². The summed E-state index contributed by atoms with van der Waals surface area (Å²) in [5.41, 5.74) is 1.02. The lowest BCUT2D eigenvalue weighted by molar-refractivity contribution is -0.144. The Bertz CT molecular complexity index is 363. The first-order valence-electron chi connectivity index (χ1n) is 7.30. The maximum absolute atomic E-state index is 11.4. The van der Waals surface area contributed by atoms with Crippen LogP contribution in [0.5, 0.6) is 0 Å².